The van der Waals surface area contributed by atoms with Crippen molar-refractivity contribution in [3.8, 4) is 28.5 Å². The van der Waals surface area contributed by atoms with Gasteiger partial charge in [0.15, 0.2) is 16.3 Å². The van der Waals surface area contributed by atoms with E-state index in [1.807, 2.05) is 35.0 Å². The molecule has 3 aromatic rings. The van der Waals surface area contributed by atoms with Gasteiger partial charge in [-0.25, -0.2) is 0 Å². The fraction of sp³-hybridized carbons (Fsp3) is 0.308. The lowest BCUT2D eigenvalue weighted by molar-refractivity contribution is 0.102. The number of amides is 1. The van der Waals surface area contributed by atoms with Crippen LogP contribution < -0.4 is 24.8 Å². The van der Waals surface area contributed by atoms with Gasteiger partial charge in [0.25, 0.3) is 5.91 Å². The average molecular weight is 510 g/mol. The molecule has 1 saturated heterocycles. The van der Waals surface area contributed by atoms with Crippen LogP contribution in [0.25, 0.3) is 17.0 Å². The summed E-state index contributed by atoms with van der Waals surface area (Å²) in [4.78, 5) is 18.8. The number of nitrogens with one attached hydrogen (secondary N) is 3. The number of H-pyrrole nitrogens is 1. The Morgan fingerprint density at radius 2 is 1.75 bits per heavy atom. The Kier molecular flexibility index (Phi) is 8.09. The molecule has 0 saturated carbocycles. The smallest absolute Gasteiger partial charge is 0.255 e. The van der Waals surface area contributed by atoms with Crippen molar-refractivity contribution in [3.63, 3.8) is 0 Å². The number of imidazole rings is 1. The molecule has 0 unspecified atom stereocenters. The number of carbonyl (C=O) groups is 1. The van der Waals surface area contributed by atoms with Crippen LogP contribution in [0.1, 0.15) is 10.4 Å². The molecule has 0 bridgehead atoms. The van der Waals surface area contributed by atoms with Crippen LogP contribution in [0.5, 0.6) is 17.2 Å². The van der Waals surface area contributed by atoms with Gasteiger partial charge in [0.2, 0.25) is 5.75 Å². The number of nitrogens with zero attached hydrogens (tertiary/aromatic N) is 2. The second kappa shape index (κ2) is 11.4. The second-order valence-corrected chi connectivity index (χ2v) is 8.74. The first kappa shape index (κ1) is 25.5. The number of carbonyl (C=O) groups excluding carboxylic acids is 1. The van der Waals surface area contributed by atoms with Gasteiger partial charge in [-0.1, -0.05) is 24.8 Å². The molecule has 9 nitrogen and oxygen atoms in total. The highest BCUT2D eigenvalue weighted by Gasteiger charge is 2.19. The van der Waals surface area contributed by atoms with E-state index in [4.69, 9.17) is 26.4 Å². The molecule has 4 rings (SSSR count). The first-order chi connectivity index (χ1) is 17.4. The lowest BCUT2D eigenvalue weighted by atomic mass is 10.1. The molecule has 3 N–H and O–H groups in total. The summed E-state index contributed by atoms with van der Waals surface area (Å²) in [6.07, 6.45) is 1.93. The van der Waals surface area contributed by atoms with Crippen LogP contribution in [0.4, 0.5) is 5.69 Å². The lowest BCUT2D eigenvalue weighted by Gasteiger charge is -2.27. The summed E-state index contributed by atoms with van der Waals surface area (Å²) < 4.78 is 18.6. The number of aromatic nitrogens is 2. The Hall–Kier alpha value is -3.60. The largest absolute Gasteiger partial charge is 0.493 e. The Balaban J connectivity index is 1.59. The van der Waals surface area contributed by atoms with Crippen molar-refractivity contribution in [1.29, 1.82) is 0 Å². The van der Waals surface area contributed by atoms with E-state index in [1.165, 1.54) is 21.3 Å². The van der Waals surface area contributed by atoms with E-state index < -0.39 is 0 Å². The van der Waals surface area contributed by atoms with Crippen molar-refractivity contribution in [2.75, 3.05) is 59.4 Å². The van der Waals surface area contributed by atoms with Gasteiger partial charge in [0.05, 0.1) is 32.7 Å². The number of benzene rings is 2. The minimum atomic E-state index is -0.317. The molecule has 1 aliphatic heterocycles. The van der Waals surface area contributed by atoms with E-state index in [2.05, 4.69) is 27.1 Å². The van der Waals surface area contributed by atoms with Gasteiger partial charge in [0, 0.05) is 55.7 Å². The number of methoxy groups -OCH3 is 3. The van der Waals surface area contributed by atoms with Crippen LogP contribution in [-0.4, -0.2) is 74.4 Å². The molecule has 0 radical (unpaired) electrons. The number of para-hydroxylation sites is 1. The summed E-state index contributed by atoms with van der Waals surface area (Å²) in [6, 6.07) is 10.8. The highest BCUT2D eigenvalue weighted by atomic mass is 32.1. The van der Waals surface area contributed by atoms with Gasteiger partial charge >= 0.3 is 0 Å². The minimum absolute atomic E-state index is 0.317. The quantitative estimate of drug-likeness (QED) is 0.377. The minimum Gasteiger partial charge on any atom is -0.493 e. The maximum atomic E-state index is 13.2. The molecule has 190 valence electrons. The van der Waals surface area contributed by atoms with Gasteiger partial charge in [-0.15, -0.1) is 0 Å². The molecule has 2 aromatic carbocycles. The second-order valence-electron chi connectivity index (χ2n) is 8.35. The molecule has 1 amide bonds. The summed E-state index contributed by atoms with van der Waals surface area (Å²) >= 11 is 5.59. The van der Waals surface area contributed by atoms with Crippen molar-refractivity contribution in [2.24, 2.45) is 0 Å². The maximum Gasteiger partial charge on any atom is 0.255 e. The van der Waals surface area contributed by atoms with Crippen molar-refractivity contribution >= 4 is 29.5 Å². The third kappa shape index (κ3) is 5.46. The van der Waals surface area contributed by atoms with Crippen LogP contribution in [-0.2, 0) is 0 Å². The predicted molar refractivity (Wildman–Crippen MR) is 144 cm³/mol. The van der Waals surface area contributed by atoms with E-state index >= 15 is 0 Å². The Bertz CT molecular complexity index is 1280. The van der Waals surface area contributed by atoms with Crippen LogP contribution in [0.2, 0.25) is 0 Å². The van der Waals surface area contributed by atoms with Crippen LogP contribution in [0.3, 0.4) is 0 Å². The topological polar surface area (TPSA) is 92.8 Å². The van der Waals surface area contributed by atoms with Gasteiger partial charge < -0.3 is 29.8 Å². The van der Waals surface area contributed by atoms with Crippen LogP contribution in [0, 0.1) is 4.77 Å². The zero-order valence-electron chi connectivity index (χ0n) is 20.7. The Labute approximate surface area is 215 Å². The fourth-order valence-corrected chi connectivity index (χ4v) is 4.50. The normalized spacial score (nSPS) is 13.8. The third-order valence-electron chi connectivity index (χ3n) is 6.07. The van der Waals surface area contributed by atoms with Gasteiger partial charge in [-0.3, -0.25) is 14.3 Å². The monoisotopic (exact) mass is 509 g/mol. The molecule has 36 heavy (non-hydrogen) atoms. The molecule has 0 atom stereocenters. The number of aromatic amines is 1. The van der Waals surface area contributed by atoms with Crippen molar-refractivity contribution < 1.29 is 19.0 Å². The first-order valence-electron chi connectivity index (χ1n) is 11.6. The molecular formula is C26H31N5O4S. The summed E-state index contributed by atoms with van der Waals surface area (Å²) in [5.74, 6) is 0.911. The highest BCUT2D eigenvalue weighted by molar-refractivity contribution is 7.71. The zero-order chi connectivity index (χ0) is 25.7. The molecule has 10 heteroatoms. The standard InChI is InChI=1S/C26H31N5O4S/c1-17(15-30-11-9-27-10-12-30)31-16-21(29-26(31)36)19-7-5-6-8-20(19)28-25(32)18-13-22(33-2)24(35-4)23(14-18)34-3/h5-8,13-14,16,27H,1,9-12,15H2,2-4H3,(H,28,32)(H,29,36). The Morgan fingerprint density at radius 3 is 2.39 bits per heavy atom. The molecule has 0 spiro atoms. The van der Waals surface area contributed by atoms with Crippen LogP contribution in [0.15, 0.2) is 49.2 Å². The number of hydrogen-bond acceptors (Lipinski definition) is 7. The first-order valence-corrected chi connectivity index (χ1v) is 12.0. The maximum absolute atomic E-state index is 13.2. The summed E-state index contributed by atoms with van der Waals surface area (Å²) in [6.45, 7) is 8.86. The lowest BCUT2D eigenvalue weighted by Crippen LogP contribution is -2.44. The fourth-order valence-electron chi connectivity index (χ4n) is 4.20. The number of rotatable bonds is 9. The molecule has 1 fully saturated rings. The van der Waals surface area contributed by atoms with E-state index in [0.29, 0.717) is 33.3 Å². The predicted octanol–water partition coefficient (Wildman–Crippen LogP) is 3.87. The Morgan fingerprint density at radius 1 is 1.08 bits per heavy atom. The van der Waals surface area contributed by atoms with Gasteiger partial charge in [0.1, 0.15) is 0 Å². The molecule has 1 aromatic heterocycles. The molecule has 2 heterocycles. The van der Waals surface area contributed by atoms with E-state index in [9.17, 15) is 4.79 Å². The van der Waals surface area contributed by atoms with Gasteiger partial charge in [-0.05, 0) is 30.4 Å². The van der Waals surface area contributed by atoms with Crippen LogP contribution >= 0.6 is 12.2 Å². The molecule has 1 aliphatic rings. The molecular weight excluding hydrogens is 478 g/mol. The average Bonchev–Trinajstić information content (AvgIpc) is 3.30. The molecule has 0 aliphatic carbocycles. The van der Waals surface area contributed by atoms with E-state index in [-0.39, 0.29) is 5.91 Å². The van der Waals surface area contributed by atoms with E-state index in [1.54, 1.807) is 12.1 Å². The zero-order valence-corrected chi connectivity index (χ0v) is 21.5. The van der Waals surface area contributed by atoms with Gasteiger partial charge in [-0.2, -0.15) is 0 Å². The summed E-state index contributed by atoms with van der Waals surface area (Å²) in [7, 11) is 4.54. The van der Waals surface area contributed by atoms with Crippen molar-refractivity contribution in [1.82, 2.24) is 19.8 Å². The van der Waals surface area contributed by atoms with Crippen molar-refractivity contribution in [2.45, 2.75) is 0 Å². The summed E-state index contributed by atoms with van der Waals surface area (Å²) in [5.41, 5.74) is 3.48. The number of hydrogen-bond donors (Lipinski definition) is 3. The summed E-state index contributed by atoms with van der Waals surface area (Å²) in [5, 5.41) is 6.35. The number of ether oxygens (including phenoxy) is 3. The number of piperazine rings is 1. The number of anilines is 1. The third-order valence-corrected chi connectivity index (χ3v) is 6.37. The van der Waals surface area contributed by atoms with E-state index in [0.717, 1.165) is 49.7 Å². The SMILES string of the molecule is C=C(CN1CCNCC1)n1cc(-c2ccccc2NC(=O)c2cc(OC)c(OC)c(OC)c2)[nH]c1=S. The highest BCUT2D eigenvalue weighted by Crippen LogP contribution is 2.38. The van der Waals surface area contributed by atoms with Crippen molar-refractivity contribution in [3.05, 3.63) is 59.5 Å².